The highest BCUT2D eigenvalue weighted by Crippen LogP contribution is 2.60. The van der Waals surface area contributed by atoms with Crippen molar-refractivity contribution in [2.45, 2.75) is 70.8 Å². The quantitative estimate of drug-likeness (QED) is 0.734. The van der Waals surface area contributed by atoms with Crippen LogP contribution in [0.4, 0.5) is 0 Å². The molecule has 1 N–H and O–H groups in total. The third-order valence-electron chi connectivity index (χ3n) is 7.44. The van der Waals surface area contributed by atoms with Gasteiger partial charge in [0, 0.05) is 12.8 Å². The van der Waals surface area contributed by atoms with Gasteiger partial charge in [0.25, 0.3) is 0 Å². The van der Waals surface area contributed by atoms with Crippen LogP contribution in [-0.4, -0.2) is 17.0 Å². The summed E-state index contributed by atoms with van der Waals surface area (Å²) in [6.07, 6.45) is 10.3. The van der Waals surface area contributed by atoms with Crippen molar-refractivity contribution in [3.8, 4) is 0 Å². The predicted octanol–water partition coefficient (Wildman–Crippen LogP) is 3.57. The molecule has 4 aliphatic rings. The molecule has 2 nitrogen and oxygen atoms in total. The average Bonchev–Trinajstić information content (AvgIpc) is 2.71. The SMILES string of the molecule is C[C@@]12CC[C@H]3C[C@H]4C[C@H](O)CC[C@@H]4C[C@@H]3[C@H]1CC(=O)C2. The van der Waals surface area contributed by atoms with Gasteiger partial charge in [0.05, 0.1) is 6.10 Å². The molecule has 0 spiro atoms. The van der Waals surface area contributed by atoms with Crippen molar-refractivity contribution in [3.05, 3.63) is 0 Å². The van der Waals surface area contributed by atoms with Crippen LogP contribution in [-0.2, 0) is 4.79 Å². The van der Waals surface area contributed by atoms with Crippen molar-refractivity contribution < 1.29 is 9.90 Å². The van der Waals surface area contributed by atoms with Gasteiger partial charge >= 0.3 is 0 Å². The predicted molar refractivity (Wildman–Crippen MR) is 78.1 cm³/mol. The van der Waals surface area contributed by atoms with Crippen molar-refractivity contribution in [2.75, 3.05) is 0 Å². The molecule has 0 aromatic rings. The minimum Gasteiger partial charge on any atom is -0.393 e. The monoisotopic (exact) mass is 276 g/mol. The van der Waals surface area contributed by atoms with Gasteiger partial charge in [-0.2, -0.15) is 0 Å². The first-order valence-corrected chi connectivity index (χ1v) is 8.75. The van der Waals surface area contributed by atoms with Gasteiger partial charge < -0.3 is 5.11 Å². The van der Waals surface area contributed by atoms with E-state index >= 15 is 0 Å². The summed E-state index contributed by atoms with van der Waals surface area (Å²) in [6, 6.07) is 0. The Labute approximate surface area is 122 Å². The lowest BCUT2D eigenvalue weighted by Gasteiger charge is -2.53. The lowest BCUT2D eigenvalue weighted by molar-refractivity contribution is -0.118. The molecule has 0 aromatic heterocycles. The van der Waals surface area contributed by atoms with Gasteiger partial charge in [-0.3, -0.25) is 4.79 Å². The van der Waals surface area contributed by atoms with Crippen LogP contribution in [0.25, 0.3) is 0 Å². The molecule has 0 aliphatic heterocycles. The molecule has 112 valence electrons. The summed E-state index contributed by atoms with van der Waals surface area (Å²) in [5, 5.41) is 9.93. The number of hydrogen-bond acceptors (Lipinski definition) is 2. The van der Waals surface area contributed by atoms with Gasteiger partial charge in [0.2, 0.25) is 0 Å². The topological polar surface area (TPSA) is 37.3 Å². The first-order chi connectivity index (χ1) is 9.55. The lowest BCUT2D eigenvalue weighted by atomic mass is 9.52. The Bertz CT molecular complexity index is 418. The summed E-state index contributed by atoms with van der Waals surface area (Å²) in [4.78, 5) is 12.0. The highest BCUT2D eigenvalue weighted by molar-refractivity contribution is 5.82. The summed E-state index contributed by atoms with van der Waals surface area (Å²) in [5.41, 5.74) is 0.333. The number of Topliss-reactive ketones (excluding diaryl/α,β-unsaturated/α-hetero) is 1. The molecule has 0 amide bonds. The Kier molecular flexibility index (Phi) is 3.03. The molecule has 0 heterocycles. The molecular formula is C18H28O2. The molecule has 4 aliphatic carbocycles. The summed E-state index contributed by atoms with van der Waals surface area (Å²) >= 11 is 0. The van der Waals surface area contributed by atoms with Gasteiger partial charge in [0.1, 0.15) is 5.78 Å². The minimum absolute atomic E-state index is 0.0327. The second kappa shape index (κ2) is 4.56. The van der Waals surface area contributed by atoms with Crippen LogP contribution in [0.5, 0.6) is 0 Å². The molecule has 4 fully saturated rings. The maximum Gasteiger partial charge on any atom is 0.133 e. The van der Waals surface area contributed by atoms with E-state index in [1.165, 1.54) is 32.1 Å². The van der Waals surface area contributed by atoms with E-state index in [-0.39, 0.29) is 6.10 Å². The Hall–Kier alpha value is -0.370. The van der Waals surface area contributed by atoms with E-state index in [0.29, 0.717) is 17.1 Å². The van der Waals surface area contributed by atoms with Crippen LogP contribution in [0.2, 0.25) is 0 Å². The van der Waals surface area contributed by atoms with Gasteiger partial charge in [-0.25, -0.2) is 0 Å². The van der Waals surface area contributed by atoms with Crippen molar-refractivity contribution in [3.63, 3.8) is 0 Å². The summed E-state index contributed by atoms with van der Waals surface area (Å²) in [6.45, 7) is 2.38. The Morgan fingerprint density at radius 2 is 1.90 bits per heavy atom. The first-order valence-electron chi connectivity index (χ1n) is 8.75. The highest BCUT2D eigenvalue weighted by atomic mass is 16.3. The second-order valence-corrected chi connectivity index (χ2v) is 8.60. The van der Waals surface area contributed by atoms with Gasteiger partial charge in [-0.15, -0.1) is 0 Å². The smallest absolute Gasteiger partial charge is 0.133 e. The standard InChI is InChI=1S/C18H28O2/c1-18-5-4-12-6-13-7-14(19)3-2-11(13)8-16(12)17(18)9-15(20)10-18/h11-14,16-17,19H,2-10H2,1H3/t11-,12+,13+,14-,16+,17-,18+/m1/s1. The van der Waals surface area contributed by atoms with Gasteiger partial charge in [-0.1, -0.05) is 6.92 Å². The fraction of sp³-hybridized carbons (Fsp3) is 0.944. The third kappa shape index (κ3) is 1.98. The van der Waals surface area contributed by atoms with Crippen LogP contribution < -0.4 is 0 Å². The largest absolute Gasteiger partial charge is 0.393 e. The number of aliphatic hydroxyl groups is 1. The molecule has 0 aromatic carbocycles. The first kappa shape index (κ1) is 13.3. The molecule has 0 radical (unpaired) electrons. The molecular weight excluding hydrogens is 248 g/mol. The molecule has 0 unspecified atom stereocenters. The van der Waals surface area contributed by atoms with Crippen LogP contribution in [0.3, 0.4) is 0 Å². The normalized spacial score (nSPS) is 55.0. The fourth-order valence-corrected chi connectivity index (χ4v) is 6.43. The average molecular weight is 276 g/mol. The van der Waals surface area contributed by atoms with E-state index in [4.69, 9.17) is 0 Å². The number of carbonyl (C=O) groups excluding carboxylic acids is 1. The van der Waals surface area contributed by atoms with Crippen molar-refractivity contribution in [2.24, 2.45) is 35.0 Å². The van der Waals surface area contributed by atoms with Gasteiger partial charge in [-0.05, 0) is 80.0 Å². The summed E-state index contributed by atoms with van der Waals surface area (Å²) in [5.74, 6) is 4.50. The molecule has 4 rings (SSSR count). The van der Waals surface area contributed by atoms with E-state index in [1.807, 2.05) is 0 Å². The van der Waals surface area contributed by atoms with Crippen LogP contribution in [0.15, 0.2) is 0 Å². The number of carbonyl (C=O) groups is 1. The Balaban J connectivity index is 1.55. The van der Waals surface area contributed by atoms with Crippen LogP contribution in [0.1, 0.15) is 64.7 Å². The maximum absolute atomic E-state index is 12.0. The number of aliphatic hydroxyl groups excluding tert-OH is 1. The molecule has 0 saturated heterocycles. The second-order valence-electron chi connectivity index (χ2n) is 8.60. The molecule has 7 atom stereocenters. The zero-order valence-corrected chi connectivity index (χ0v) is 12.7. The van der Waals surface area contributed by atoms with Crippen molar-refractivity contribution in [1.29, 1.82) is 0 Å². The van der Waals surface area contributed by atoms with E-state index in [1.54, 1.807) is 0 Å². The highest BCUT2D eigenvalue weighted by Gasteiger charge is 2.54. The Morgan fingerprint density at radius 3 is 2.75 bits per heavy atom. The van der Waals surface area contributed by atoms with Gasteiger partial charge in [0.15, 0.2) is 0 Å². The fourth-order valence-electron chi connectivity index (χ4n) is 6.43. The Morgan fingerprint density at radius 1 is 1.05 bits per heavy atom. The molecule has 2 heteroatoms. The summed E-state index contributed by atoms with van der Waals surface area (Å²) in [7, 11) is 0. The molecule has 20 heavy (non-hydrogen) atoms. The number of hydrogen-bond donors (Lipinski definition) is 1. The lowest BCUT2D eigenvalue weighted by Crippen LogP contribution is -2.45. The van der Waals surface area contributed by atoms with E-state index in [2.05, 4.69) is 6.92 Å². The van der Waals surface area contributed by atoms with Crippen molar-refractivity contribution in [1.82, 2.24) is 0 Å². The maximum atomic E-state index is 12.0. The van der Waals surface area contributed by atoms with E-state index in [0.717, 1.165) is 49.4 Å². The summed E-state index contributed by atoms with van der Waals surface area (Å²) < 4.78 is 0. The number of ketones is 1. The molecule has 0 bridgehead atoms. The zero-order chi connectivity index (χ0) is 13.9. The van der Waals surface area contributed by atoms with E-state index in [9.17, 15) is 9.90 Å². The minimum atomic E-state index is -0.0327. The third-order valence-corrected chi connectivity index (χ3v) is 7.44. The zero-order valence-electron chi connectivity index (χ0n) is 12.7. The van der Waals surface area contributed by atoms with Crippen LogP contribution >= 0.6 is 0 Å². The van der Waals surface area contributed by atoms with Crippen LogP contribution in [0, 0.1) is 35.0 Å². The number of rotatable bonds is 0. The number of fused-ring (bicyclic) bond motifs is 4. The molecule has 4 saturated carbocycles. The van der Waals surface area contributed by atoms with Crippen molar-refractivity contribution >= 4 is 5.78 Å². The van der Waals surface area contributed by atoms with E-state index < -0.39 is 0 Å².